The van der Waals surface area contributed by atoms with E-state index in [2.05, 4.69) is 29.5 Å². The Balaban J connectivity index is 0.000000658. The highest BCUT2D eigenvalue weighted by molar-refractivity contribution is 5.81. The highest BCUT2D eigenvalue weighted by Crippen LogP contribution is 2.22. The van der Waals surface area contributed by atoms with Gasteiger partial charge in [-0.2, -0.15) is 0 Å². The molecule has 0 spiro atoms. The Labute approximate surface area is 539 Å². The summed E-state index contributed by atoms with van der Waals surface area (Å²) in [5, 5.41) is 41.8. The van der Waals surface area contributed by atoms with E-state index in [-0.39, 0.29) is 130 Å². The Morgan fingerprint density at radius 2 is 0.736 bits per heavy atom. The van der Waals surface area contributed by atoms with E-state index in [1.165, 1.54) is 0 Å². The van der Waals surface area contributed by atoms with Gasteiger partial charge in [0.1, 0.15) is 26.4 Å². The topological polar surface area (TPSA) is 316 Å². The minimum absolute atomic E-state index is 0.00585. The van der Waals surface area contributed by atoms with Crippen molar-refractivity contribution >= 4 is 23.9 Å². The van der Waals surface area contributed by atoms with Crippen molar-refractivity contribution in [3.05, 3.63) is 38.0 Å². The first-order valence-corrected chi connectivity index (χ1v) is 32.1. The Morgan fingerprint density at radius 3 is 1.04 bits per heavy atom. The molecular formula is C63H113N3O25. The molecule has 3 saturated heterocycles. The van der Waals surface area contributed by atoms with Gasteiger partial charge in [0.25, 0.3) is 0 Å². The van der Waals surface area contributed by atoms with Crippen LogP contribution < -0.4 is 0 Å². The van der Waals surface area contributed by atoms with Crippen LogP contribution in [-0.4, -0.2) is 340 Å². The molecule has 3 aliphatic heterocycles. The summed E-state index contributed by atoms with van der Waals surface area (Å²) in [6, 6.07) is 0. The van der Waals surface area contributed by atoms with Gasteiger partial charge >= 0.3 is 23.9 Å². The molecular weight excluding hydrogens is 1200 g/mol. The zero-order chi connectivity index (χ0) is 66.4. The van der Waals surface area contributed by atoms with Crippen molar-refractivity contribution in [2.75, 3.05) is 238 Å². The Hall–Kier alpha value is -3.70. The summed E-state index contributed by atoms with van der Waals surface area (Å²) < 4.78 is 93.3. The molecule has 0 bridgehead atoms. The van der Waals surface area contributed by atoms with E-state index in [1.807, 2.05) is 25.9 Å². The number of hydrogen-bond acceptors (Lipinski definition) is 28. The molecule has 0 aliphatic carbocycles. The van der Waals surface area contributed by atoms with Gasteiger partial charge in [-0.1, -0.05) is 26.7 Å². The third-order valence-corrected chi connectivity index (χ3v) is 13.8. The van der Waals surface area contributed by atoms with Crippen LogP contribution in [0.1, 0.15) is 58.3 Å². The van der Waals surface area contributed by atoms with Gasteiger partial charge in [-0.15, -0.1) is 0 Å². The van der Waals surface area contributed by atoms with Gasteiger partial charge in [-0.25, -0.2) is 14.4 Å². The molecule has 0 saturated carbocycles. The van der Waals surface area contributed by atoms with Crippen LogP contribution in [0.3, 0.4) is 0 Å². The Morgan fingerprint density at radius 1 is 0.440 bits per heavy atom. The van der Waals surface area contributed by atoms with Crippen LogP contribution >= 0.6 is 0 Å². The van der Waals surface area contributed by atoms with Gasteiger partial charge in [0.2, 0.25) is 0 Å². The van der Waals surface area contributed by atoms with E-state index in [0.717, 1.165) is 89.7 Å². The maximum Gasteiger partial charge on any atom is 0.330 e. The zero-order valence-electron chi connectivity index (χ0n) is 54.8. The molecule has 3 fully saturated rings. The van der Waals surface area contributed by atoms with E-state index in [0.29, 0.717) is 98.4 Å². The molecule has 530 valence electrons. The number of likely N-dealkylation sites (N-methyl/N-ethyl adjacent to an activating group) is 2. The minimum Gasteiger partial charge on any atom is -0.463 e. The molecule has 7 atom stereocenters. The van der Waals surface area contributed by atoms with Crippen molar-refractivity contribution in [2.45, 2.75) is 101 Å². The fourth-order valence-corrected chi connectivity index (χ4v) is 9.48. The van der Waals surface area contributed by atoms with Crippen LogP contribution in [0, 0.1) is 5.41 Å². The van der Waals surface area contributed by atoms with Gasteiger partial charge in [0.05, 0.1) is 180 Å². The predicted octanol–water partition coefficient (Wildman–Crippen LogP) is 0.802. The Kier molecular flexibility index (Phi) is 50.9. The second-order valence-electron chi connectivity index (χ2n) is 22.5. The molecule has 91 heavy (non-hydrogen) atoms. The summed E-state index contributed by atoms with van der Waals surface area (Å²) in [7, 11) is 3.96. The van der Waals surface area contributed by atoms with Crippen molar-refractivity contribution in [3.8, 4) is 0 Å². The van der Waals surface area contributed by atoms with Crippen LogP contribution in [0.2, 0.25) is 0 Å². The second-order valence-corrected chi connectivity index (χ2v) is 22.5. The van der Waals surface area contributed by atoms with E-state index in [9.17, 15) is 39.6 Å². The number of carbonyl (C=O) groups excluding carboxylic acids is 4. The molecule has 0 aromatic rings. The summed E-state index contributed by atoms with van der Waals surface area (Å²) in [6.45, 7) is 22.8. The lowest BCUT2D eigenvalue weighted by Crippen LogP contribution is -2.44. The van der Waals surface area contributed by atoms with Crippen molar-refractivity contribution in [2.24, 2.45) is 5.41 Å². The number of carbonyl (C=O) groups is 4. The molecule has 0 radical (unpaired) electrons. The molecule has 4 N–H and O–H groups in total. The molecule has 3 heterocycles. The van der Waals surface area contributed by atoms with Gasteiger partial charge in [0, 0.05) is 90.3 Å². The van der Waals surface area contributed by atoms with Gasteiger partial charge in [0.15, 0.2) is 0 Å². The molecule has 7 unspecified atom stereocenters. The second kappa shape index (κ2) is 55.6. The SMILES string of the molecule is C=CC(=O)OCCOCC(COCCOC(=O)C=C)(COCCOC(=O)C=C)COCCOC(=O)CCC.CN(CC(O)COCCOCCOCC(O)CN(CC(O)COCCOCCOCC(O)CN(C)CC1CCCO1)CC1CCCO1)CC1CCCO1. The molecule has 28 nitrogen and oxygen atoms in total. The maximum absolute atomic E-state index is 11.6. The fourth-order valence-electron chi connectivity index (χ4n) is 9.48. The van der Waals surface area contributed by atoms with Crippen molar-refractivity contribution in [1.29, 1.82) is 0 Å². The third kappa shape index (κ3) is 46.9. The molecule has 3 rings (SSSR count). The van der Waals surface area contributed by atoms with Gasteiger partial charge in [-0.3, -0.25) is 9.69 Å². The average Bonchev–Trinajstić information content (AvgIpc) is 3.38. The van der Waals surface area contributed by atoms with Crippen LogP contribution in [-0.2, 0) is 99.7 Å². The normalized spacial score (nSPS) is 18.0. The number of aliphatic hydroxyl groups is 4. The van der Waals surface area contributed by atoms with Crippen LogP contribution in [0.5, 0.6) is 0 Å². The smallest absolute Gasteiger partial charge is 0.330 e. The van der Waals surface area contributed by atoms with E-state index < -0.39 is 47.7 Å². The maximum atomic E-state index is 11.6. The monoisotopic (exact) mass is 1310 g/mol. The lowest BCUT2D eigenvalue weighted by molar-refractivity contribution is -0.149. The number of rotatable bonds is 59. The first-order valence-electron chi connectivity index (χ1n) is 32.1. The summed E-state index contributed by atoms with van der Waals surface area (Å²) in [6.07, 6.45) is 8.45. The van der Waals surface area contributed by atoms with Gasteiger partial charge in [-0.05, 0) is 59.0 Å². The summed E-state index contributed by atoms with van der Waals surface area (Å²) >= 11 is 0. The lowest BCUT2D eigenvalue weighted by Gasteiger charge is -2.33. The number of esters is 4. The van der Waals surface area contributed by atoms with E-state index in [1.54, 1.807) is 0 Å². The third-order valence-electron chi connectivity index (χ3n) is 13.8. The predicted molar refractivity (Wildman–Crippen MR) is 332 cm³/mol. The molecule has 0 amide bonds. The fraction of sp³-hybridized carbons (Fsp3) is 0.841. The number of nitrogens with zero attached hydrogens (tertiary/aromatic N) is 3. The van der Waals surface area contributed by atoms with Crippen molar-refractivity contribution < 1.29 is 120 Å². The highest BCUT2D eigenvalue weighted by Gasteiger charge is 2.33. The number of aliphatic hydroxyl groups excluding tert-OH is 4. The first-order chi connectivity index (χ1) is 44.1. The molecule has 28 heteroatoms. The quantitative estimate of drug-likeness (QED) is 0.0283. The van der Waals surface area contributed by atoms with Crippen LogP contribution in [0.15, 0.2) is 38.0 Å². The van der Waals surface area contributed by atoms with Crippen LogP contribution in [0.4, 0.5) is 0 Å². The summed E-state index contributed by atoms with van der Waals surface area (Å²) in [4.78, 5) is 51.4. The van der Waals surface area contributed by atoms with E-state index in [4.69, 9.17) is 80.5 Å². The molecule has 3 aliphatic rings. The van der Waals surface area contributed by atoms with Crippen molar-refractivity contribution in [3.63, 3.8) is 0 Å². The largest absolute Gasteiger partial charge is 0.463 e. The molecule has 0 aromatic carbocycles. The highest BCUT2D eigenvalue weighted by atomic mass is 16.6. The summed E-state index contributed by atoms with van der Waals surface area (Å²) in [5.74, 6) is -2.03. The molecule has 0 aromatic heterocycles. The van der Waals surface area contributed by atoms with E-state index >= 15 is 0 Å². The first kappa shape index (κ1) is 83.4. The number of ether oxygens (including phenoxy) is 17. The lowest BCUT2D eigenvalue weighted by atomic mass is 9.92. The number of hydrogen-bond donors (Lipinski definition) is 4. The van der Waals surface area contributed by atoms with Crippen LogP contribution in [0.25, 0.3) is 0 Å². The zero-order valence-corrected chi connectivity index (χ0v) is 54.8. The average molecular weight is 1310 g/mol. The standard InChI is InChI=1S/C37H73N3O13.C26H40O12/c1-38(24-35-6-3-9-51-35)20-31(41)27-47-16-12-45-14-18-49-29-33(43)22-40(26-37-8-5-11-53-37)23-34(44)30-50-19-15-46-13-17-48-28-32(42)21-39(2)25-36-7-4-10-52-36;1-5-9-25(30)38-17-13-34-21-26(18-31-10-14-35-22(27)6-2,19-32-11-15-36-23(28)7-3)20-33-12-16-37-24(29)8-4/h31-37,41-44H,3-30H2,1-2H3;6-8H,2-5,9-21H2,1H3. The Bertz CT molecular complexity index is 1710. The summed E-state index contributed by atoms with van der Waals surface area (Å²) in [5.41, 5.74) is -0.860. The minimum atomic E-state index is -0.860. The van der Waals surface area contributed by atoms with Crippen molar-refractivity contribution in [1.82, 2.24) is 14.7 Å². The van der Waals surface area contributed by atoms with Gasteiger partial charge < -0.3 is 111 Å².